The van der Waals surface area contributed by atoms with Gasteiger partial charge in [-0.25, -0.2) is 4.79 Å². The van der Waals surface area contributed by atoms with E-state index in [0.29, 0.717) is 6.54 Å². The Kier molecular flexibility index (Phi) is 1.61. The first-order valence-electron chi connectivity index (χ1n) is 2.47. The Balaban J connectivity index is 2.54. The van der Waals surface area contributed by atoms with E-state index in [-0.39, 0.29) is 5.91 Å². The third kappa shape index (κ3) is 1.35. The molecular formula is C4H6N2O2S. The van der Waals surface area contributed by atoms with Crippen molar-refractivity contribution in [2.75, 3.05) is 6.54 Å². The van der Waals surface area contributed by atoms with Crippen molar-refractivity contribution in [1.29, 1.82) is 0 Å². The Morgan fingerprint density at radius 1 is 1.56 bits per heavy atom. The minimum Gasteiger partial charge on any atom is -0.336 e. The van der Waals surface area contributed by atoms with Gasteiger partial charge < -0.3 is 5.32 Å². The van der Waals surface area contributed by atoms with Crippen molar-refractivity contribution in [2.45, 2.75) is 5.25 Å². The van der Waals surface area contributed by atoms with E-state index < -0.39 is 11.3 Å². The number of hydrogen-bond acceptors (Lipinski definition) is 3. The van der Waals surface area contributed by atoms with Crippen LogP contribution < -0.4 is 10.6 Å². The fourth-order valence-electron chi connectivity index (χ4n) is 0.521. The van der Waals surface area contributed by atoms with E-state index >= 15 is 0 Å². The van der Waals surface area contributed by atoms with E-state index in [2.05, 4.69) is 23.3 Å². The molecule has 1 atom stereocenters. The van der Waals surface area contributed by atoms with Crippen LogP contribution in [0.1, 0.15) is 0 Å². The standard InChI is InChI=1S/C4H6N2O2S/c7-3-2(9)1-5-4(8)6-3/h2,9H,1H2,(H2,5,6,7,8)/t2-/m0/s1. The van der Waals surface area contributed by atoms with Gasteiger partial charge >= 0.3 is 6.03 Å². The van der Waals surface area contributed by atoms with Crippen LogP contribution in [0.2, 0.25) is 0 Å². The summed E-state index contributed by atoms with van der Waals surface area (Å²) >= 11 is 3.87. The third-order valence-electron chi connectivity index (χ3n) is 0.995. The molecular weight excluding hydrogens is 140 g/mol. The lowest BCUT2D eigenvalue weighted by Crippen LogP contribution is -2.52. The smallest absolute Gasteiger partial charge is 0.321 e. The lowest BCUT2D eigenvalue weighted by Gasteiger charge is -2.16. The molecule has 0 spiro atoms. The quantitative estimate of drug-likeness (QED) is 0.389. The molecule has 4 nitrogen and oxygen atoms in total. The number of thiol groups is 1. The SMILES string of the molecule is O=C1NC[C@H](S)C(=O)N1. The highest BCUT2D eigenvalue weighted by molar-refractivity contribution is 7.81. The normalized spacial score (nSPS) is 27.0. The Hall–Kier alpha value is -0.710. The second-order valence-corrected chi connectivity index (χ2v) is 2.34. The molecule has 2 N–H and O–H groups in total. The van der Waals surface area contributed by atoms with Crippen molar-refractivity contribution in [2.24, 2.45) is 0 Å². The van der Waals surface area contributed by atoms with Crippen molar-refractivity contribution in [3.63, 3.8) is 0 Å². The lowest BCUT2D eigenvalue weighted by molar-refractivity contribution is -0.119. The zero-order valence-corrected chi connectivity index (χ0v) is 5.44. The Bertz CT molecular complexity index is 159. The van der Waals surface area contributed by atoms with Gasteiger partial charge in [0.05, 0.1) is 5.25 Å². The van der Waals surface area contributed by atoms with E-state index in [1.54, 1.807) is 0 Å². The summed E-state index contributed by atoms with van der Waals surface area (Å²) in [4.78, 5) is 20.9. The Labute approximate surface area is 57.4 Å². The second kappa shape index (κ2) is 2.26. The van der Waals surface area contributed by atoms with Crippen molar-refractivity contribution in [3.05, 3.63) is 0 Å². The van der Waals surface area contributed by atoms with E-state index in [0.717, 1.165) is 0 Å². The topological polar surface area (TPSA) is 58.2 Å². The number of nitrogens with one attached hydrogen (secondary N) is 2. The average Bonchev–Trinajstić information content (AvgIpc) is 1.80. The first kappa shape index (κ1) is 6.41. The molecule has 5 heteroatoms. The first-order valence-corrected chi connectivity index (χ1v) is 2.98. The molecule has 1 fully saturated rings. The van der Waals surface area contributed by atoms with Gasteiger partial charge in [-0.1, -0.05) is 0 Å². The summed E-state index contributed by atoms with van der Waals surface area (Å²) in [5, 5.41) is 4.08. The zero-order chi connectivity index (χ0) is 6.85. The maximum atomic E-state index is 10.6. The van der Waals surface area contributed by atoms with Gasteiger partial charge in [-0.15, -0.1) is 0 Å². The summed E-state index contributed by atoms with van der Waals surface area (Å²) in [7, 11) is 0. The summed E-state index contributed by atoms with van der Waals surface area (Å²) in [5.41, 5.74) is 0. The van der Waals surface area contributed by atoms with Crippen LogP contribution >= 0.6 is 12.6 Å². The highest BCUT2D eigenvalue weighted by Crippen LogP contribution is 1.95. The maximum absolute atomic E-state index is 10.6. The molecule has 1 saturated heterocycles. The molecule has 1 aliphatic heterocycles. The summed E-state index contributed by atoms with van der Waals surface area (Å²) in [5.74, 6) is -0.331. The van der Waals surface area contributed by atoms with Crippen LogP contribution in [0.3, 0.4) is 0 Å². The third-order valence-corrected chi connectivity index (χ3v) is 1.41. The van der Waals surface area contributed by atoms with Gasteiger partial charge in [-0.3, -0.25) is 10.1 Å². The van der Waals surface area contributed by atoms with Crippen molar-refractivity contribution < 1.29 is 9.59 Å². The van der Waals surface area contributed by atoms with Crippen molar-refractivity contribution in [1.82, 2.24) is 10.6 Å². The van der Waals surface area contributed by atoms with Gasteiger partial charge in [0.1, 0.15) is 0 Å². The molecule has 3 amide bonds. The second-order valence-electron chi connectivity index (χ2n) is 1.72. The van der Waals surface area contributed by atoms with Gasteiger partial charge in [-0.05, 0) is 0 Å². The zero-order valence-electron chi connectivity index (χ0n) is 4.55. The van der Waals surface area contributed by atoms with Gasteiger partial charge in [0, 0.05) is 6.54 Å². The summed E-state index contributed by atoms with van der Waals surface area (Å²) in [6.45, 7) is 0.313. The predicted molar refractivity (Wildman–Crippen MR) is 34.3 cm³/mol. The van der Waals surface area contributed by atoms with E-state index in [9.17, 15) is 9.59 Å². The summed E-state index contributed by atoms with van der Waals surface area (Å²) < 4.78 is 0. The summed E-state index contributed by atoms with van der Waals surface area (Å²) in [6, 6.07) is -0.440. The van der Waals surface area contributed by atoms with Crippen LogP contribution in [0.4, 0.5) is 4.79 Å². The first-order chi connectivity index (χ1) is 4.20. The fraction of sp³-hybridized carbons (Fsp3) is 0.500. The van der Waals surface area contributed by atoms with Crippen LogP contribution in [0.5, 0.6) is 0 Å². The van der Waals surface area contributed by atoms with Crippen LogP contribution in [-0.4, -0.2) is 23.7 Å². The molecule has 1 rings (SSSR count). The number of rotatable bonds is 0. The van der Waals surface area contributed by atoms with Gasteiger partial charge in [-0.2, -0.15) is 12.6 Å². The molecule has 9 heavy (non-hydrogen) atoms. The monoisotopic (exact) mass is 146 g/mol. The Morgan fingerprint density at radius 3 is 2.67 bits per heavy atom. The number of carbonyl (C=O) groups is 2. The maximum Gasteiger partial charge on any atom is 0.321 e. The van der Waals surface area contributed by atoms with Crippen LogP contribution in [0, 0.1) is 0 Å². The van der Waals surface area contributed by atoms with Crippen LogP contribution in [0.25, 0.3) is 0 Å². The van der Waals surface area contributed by atoms with Gasteiger partial charge in [0.15, 0.2) is 0 Å². The number of hydrogen-bond donors (Lipinski definition) is 3. The highest BCUT2D eigenvalue weighted by Gasteiger charge is 2.21. The number of urea groups is 1. The van der Waals surface area contributed by atoms with Gasteiger partial charge in [0.2, 0.25) is 5.91 Å². The van der Waals surface area contributed by atoms with Crippen LogP contribution in [-0.2, 0) is 4.79 Å². The molecule has 0 bridgehead atoms. The van der Waals surface area contributed by atoms with E-state index in [1.807, 2.05) is 0 Å². The highest BCUT2D eigenvalue weighted by atomic mass is 32.1. The molecule has 0 radical (unpaired) electrons. The van der Waals surface area contributed by atoms with E-state index in [4.69, 9.17) is 0 Å². The molecule has 0 aromatic carbocycles. The van der Waals surface area contributed by atoms with E-state index in [1.165, 1.54) is 0 Å². The fourth-order valence-corrected chi connectivity index (χ4v) is 0.677. The van der Waals surface area contributed by atoms with Crippen LogP contribution in [0.15, 0.2) is 0 Å². The number of carbonyl (C=O) groups excluding carboxylic acids is 2. The van der Waals surface area contributed by atoms with Crippen molar-refractivity contribution in [3.8, 4) is 0 Å². The molecule has 0 aliphatic carbocycles. The molecule has 50 valence electrons. The predicted octanol–water partition coefficient (Wildman–Crippen LogP) is -0.876. The molecule has 0 unspecified atom stereocenters. The molecule has 1 aliphatic rings. The minimum atomic E-state index is -0.440. The molecule has 1 heterocycles. The summed E-state index contributed by atoms with van der Waals surface area (Å²) in [6.07, 6.45) is 0. The number of amides is 3. The average molecular weight is 146 g/mol. The molecule has 0 aromatic rings. The van der Waals surface area contributed by atoms with Crippen molar-refractivity contribution >= 4 is 24.6 Å². The molecule has 0 saturated carbocycles. The Morgan fingerprint density at radius 2 is 2.22 bits per heavy atom. The largest absolute Gasteiger partial charge is 0.336 e. The lowest BCUT2D eigenvalue weighted by atomic mass is 10.3. The minimum absolute atomic E-state index is 0.313. The number of imide groups is 1. The van der Waals surface area contributed by atoms with Gasteiger partial charge in [0.25, 0.3) is 0 Å². The molecule has 0 aromatic heterocycles.